The van der Waals surface area contributed by atoms with Crippen molar-refractivity contribution in [3.8, 4) is 0 Å². The molecule has 0 radical (unpaired) electrons. The molecule has 0 aromatic heterocycles. The van der Waals surface area contributed by atoms with Crippen LogP contribution in [0.5, 0.6) is 0 Å². The van der Waals surface area contributed by atoms with Crippen molar-refractivity contribution < 1.29 is 13.2 Å². The van der Waals surface area contributed by atoms with Gasteiger partial charge in [-0.1, -0.05) is 0 Å². The number of hydrogen-bond donors (Lipinski definition) is 1. The molecule has 0 atom stereocenters. The van der Waals surface area contributed by atoms with Crippen molar-refractivity contribution in [3.05, 3.63) is 23.9 Å². The van der Waals surface area contributed by atoms with Crippen LogP contribution < -0.4 is 5.32 Å². The number of rotatable bonds is 3. The number of nitrogens with one attached hydrogen (secondary N) is 1. The standard InChI is InChI=1S/C19H25N3O3S/c23-18(16-1-2-17-21-26(24,25)4-3-22(17)11-16)20-12-19-8-13-5-14(9-19)7-15(6-13)10-19/h1-2,11,13-15H,3-10,12H2,(H,20,23). The van der Waals surface area contributed by atoms with Crippen LogP contribution in [0.25, 0.3) is 0 Å². The molecule has 0 unspecified atom stereocenters. The van der Waals surface area contributed by atoms with Crippen molar-refractivity contribution in [2.75, 3.05) is 18.8 Å². The molecule has 0 aromatic rings. The van der Waals surface area contributed by atoms with Crippen LogP contribution in [0, 0.1) is 23.2 Å². The fourth-order valence-electron chi connectivity index (χ4n) is 6.21. The molecular weight excluding hydrogens is 350 g/mol. The van der Waals surface area contributed by atoms with Crippen molar-refractivity contribution in [2.45, 2.75) is 38.5 Å². The lowest BCUT2D eigenvalue weighted by Crippen LogP contribution is -2.51. The second-order valence-corrected chi connectivity index (χ2v) is 10.7. The molecule has 6 nitrogen and oxygen atoms in total. The van der Waals surface area contributed by atoms with E-state index in [0.29, 0.717) is 23.4 Å². The summed E-state index contributed by atoms with van der Waals surface area (Å²) in [4.78, 5) is 14.4. The number of nitrogens with zero attached hydrogens (tertiary/aromatic N) is 2. The number of carbonyl (C=O) groups excluding carboxylic acids is 1. The summed E-state index contributed by atoms with van der Waals surface area (Å²) in [7, 11) is -3.36. The predicted octanol–water partition coefficient (Wildman–Crippen LogP) is 1.82. The number of fused-ring (bicyclic) bond motifs is 1. The van der Waals surface area contributed by atoms with Crippen LogP contribution in [-0.4, -0.2) is 43.9 Å². The number of amidine groups is 1. The van der Waals surface area contributed by atoms with Gasteiger partial charge in [0.15, 0.2) is 0 Å². The van der Waals surface area contributed by atoms with Crippen molar-refractivity contribution in [1.29, 1.82) is 0 Å². The molecule has 1 N–H and O–H groups in total. The summed E-state index contributed by atoms with van der Waals surface area (Å²) < 4.78 is 26.9. The molecule has 0 aromatic carbocycles. The Morgan fingerprint density at radius 1 is 1.15 bits per heavy atom. The van der Waals surface area contributed by atoms with Gasteiger partial charge in [-0.3, -0.25) is 4.79 Å². The SMILES string of the molecule is O=C(NCC12CC3CC(CC(C3)C1)C2)C1=CN2CCS(=O)(=O)N=C2C=C1. The Labute approximate surface area is 154 Å². The zero-order valence-corrected chi connectivity index (χ0v) is 15.7. The average Bonchev–Trinajstić information content (AvgIpc) is 2.57. The van der Waals surface area contributed by atoms with E-state index in [4.69, 9.17) is 0 Å². The molecule has 4 fully saturated rings. The second kappa shape index (κ2) is 5.68. The Balaban J connectivity index is 1.26. The smallest absolute Gasteiger partial charge is 0.256 e. The van der Waals surface area contributed by atoms with Gasteiger partial charge in [-0.05, 0) is 73.8 Å². The summed E-state index contributed by atoms with van der Waals surface area (Å²) in [5.41, 5.74) is 0.891. The molecule has 6 rings (SSSR count). The third kappa shape index (κ3) is 2.90. The highest BCUT2D eigenvalue weighted by molar-refractivity contribution is 7.90. The number of amides is 1. The van der Waals surface area contributed by atoms with Crippen LogP contribution in [0.1, 0.15) is 38.5 Å². The molecule has 1 amide bonds. The zero-order valence-electron chi connectivity index (χ0n) is 14.9. The lowest BCUT2D eigenvalue weighted by atomic mass is 9.49. The van der Waals surface area contributed by atoms with E-state index in [1.165, 1.54) is 38.5 Å². The topological polar surface area (TPSA) is 78.8 Å². The van der Waals surface area contributed by atoms with Crippen molar-refractivity contribution >= 4 is 21.8 Å². The first-order valence-corrected chi connectivity index (χ1v) is 11.3. The first-order chi connectivity index (χ1) is 12.4. The highest BCUT2D eigenvalue weighted by Crippen LogP contribution is 2.59. The molecule has 2 heterocycles. The Hall–Kier alpha value is -1.63. The Bertz CT molecular complexity index is 805. The summed E-state index contributed by atoms with van der Waals surface area (Å²) in [6, 6.07) is 0. The normalized spacial score (nSPS) is 39.2. The molecule has 0 saturated heterocycles. The van der Waals surface area contributed by atoms with Gasteiger partial charge in [0, 0.05) is 19.3 Å². The lowest BCUT2D eigenvalue weighted by molar-refractivity contribution is -0.119. The van der Waals surface area contributed by atoms with E-state index in [1.807, 2.05) is 0 Å². The summed E-state index contributed by atoms with van der Waals surface area (Å²) in [5, 5.41) is 3.18. The minimum Gasteiger partial charge on any atom is -0.351 e. The molecule has 6 aliphatic rings. The van der Waals surface area contributed by atoms with E-state index in [0.717, 1.165) is 24.3 Å². The van der Waals surface area contributed by atoms with Crippen molar-refractivity contribution in [2.24, 2.45) is 27.6 Å². The highest BCUT2D eigenvalue weighted by Gasteiger charge is 2.50. The van der Waals surface area contributed by atoms with Crippen LogP contribution in [0.4, 0.5) is 0 Å². The van der Waals surface area contributed by atoms with Crippen LogP contribution >= 0.6 is 0 Å². The van der Waals surface area contributed by atoms with Crippen molar-refractivity contribution in [1.82, 2.24) is 10.2 Å². The average molecular weight is 375 g/mol. The molecule has 4 aliphatic carbocycles. The Morgan fingerprint density at radius 3 is 2.46 bits per heavy atom. The Morgan fingerprint density at radius 2 is 1.81 bits per heavy atom. The molecule has 0 spiro atoms. The van der Waals surface area contributed by atoms with Gasteiger partial charge in [0.05, 0.1) is 11.3 Å². The molecule has 4 saturated carbocycles. The van der Waals surface area contributed by atoms with Gasteiger partial charge in [-0.25, -0.2) is 8.42 Å². The Kier molecular flexibility index (Phi) is 3.61. The summed E-state index contributed by atoms with van der Waals surface area (Å²) in [6.45, 7) is 1.12. The van der Waals surface area contributed by atoms with Gasteiger partial charge in [0.1, 0.15) is 5.84 Å². The van der Waals surface area contributed by atoms with E-state index < -0.39 is 10.0 Å². The first kappa shape index (κ1) is 16.5. The van der Waals surface area contributed by atoms with Gasteiger partial charge in [0.2, 0.25) is 0 Å². The fourth-order valence-corrected chi connectivity index (χ4v) is 7.18. The third-order valence-corrected chi connectivity index (χ3v) is 8.04. The molecule has 7 heteroatoms. The van der Waals surface area contributed by atoms with Gasteiger partial charge < -0.3 is 10.2 Å². The molecular formula is C19H25N3O3S. The first-order valence-electron chi connectivity index (χ1n) is 9.67. The molecule has 4 bridgehead atoms. The highest BCUT2D eigenvalue weighted by atomic mass is 32.2. The van der Waals surface area contributed by atoms with Crippen molar-refractivity contribution in [3.63, 3.8) is 0 Å². The fraction of sp³-hybridized carbons (Fsp3) is 0.684. The van der Waals surface area contributed by atoms with Crippen LogP contribution in [0.15, 0.2) is 28.3 Å². The molecule has 2 aliphatic heterocycles. The largest absolute Gasteiger partial charge is 0.351 e. The van der Waals surface area contributed by atoms with Gasteiger partial charge in [-0.2, -0.15) is 0 Å². The molecule has 140 valence electrons. The van der Waals surface area contributed by atoms with Gasteiger partial charge in [0.25, 0.3) is 15.9 Å². The summed E-state index contributed by atoms with van der Waals surface area (Å²) in [5.74, 6) is 2.95. The van der Waals surface area contributed by atoms with E-state index in [2.05, 4.69) is 9.71 Å². The number of sulfonamides is 1. The van der Waals surface area contributed by atoms with E-state index in [1.54, 1.807) is 23.3 Å². The van der Waals surface area contributed by atoms with Crippen LogP contribution in [0.3, 0.4) is 0 Å². The minimum atomic E-state index is -3.36. The predicted molar refractivity (Wildman–Crippen MR) is 98.8 cm³/mol. The minimum absolute atomic E-state index is 0.0109. The third-order valence-electron chi connectivity index (χ3n) is 6.88. The molecule has 26 heavy (non-hydrogen) atoms. The van der Waals surface area contributed by atoms with E-state index >= 15 is 0 Å². The van der Waals surface area contributed by atoms with E-state index in [-0.39, 0.29) is 11.7 Å². The second-order valence-electron chi connectivity index (χ2n) is 8.95. The maximum Gasteiger partial charge on any atom is 0.256 e. The van der Waals surface area contributed by atoms with Crippen LogP contribution in [0.2, 0.25) is 0 Å². The monoisotopic (exact) mass is 375 g/mol. The van der Waals surface area contributed by atoms with Crippen LogP contribution in [-0.2, 0) is 14.8 Å². The quantitative estimate of drug-likeness (QED) is 0.816. The van der Waals surface area contributed by atoms with Gasteiger partial charge in [-0.15, -0.1) is 4.40 Å². The number of hydrogen-bond acceptors (Lipinski definition) is 4. The maximum atomic E-state index is 12.7. The zero-order chi connectivity index (χ0) is 17.9. The van der Waals surface area contributed by atoms with Gasteiger partial charge >= 0.3 is 0 Å². The summed E-state index contributed by atoms with van der Waals surface area (Å²) in [6.07, 6.45) is 13.0. The maximum absolute atomic E-state index is 12.7. The number of carbonyl (C=O) groups is 1. The van der Waals surface area contributed by atoms with E-state index in [9.17, 15) is 13.2 Å². The summed E-state index contributed by atoms with van der Waals surface area (Å²) >= 11 is 0. The lowest BCUT2D eigenvalue weighted by Gasteiger charge is -2.56.